The van der Waals surface area contributed by atoms with Crippen molar-refractivity contribution >= 4 is 10.0 Å². The minimum absolute atomic E-state index is 0.242. The molecule has 2 aromatic carbocycles. The molecular formula is C23H30N2O4S. The van der Waals surface area contributed by atoms with Crippen molar-refractivity contribution in [2.24, 2.45) is 0 Å². The van der Waals surface area contributed by atoms with Gasteiger partial charge >= 0.3 is 0 Å². The van der Waals surface area contributed by atoms with E-state index >= 15 is 0 Å². The van der Waals surface area contributed by atoms with Crippen LogP contribution in [-0.2, 0) is 27.7 Å². The lowest BCUT2D eigenvalue weighted by molar-refractivity contribution is 0.0533. The number of fused-ring (bicyclic) bond motifs is 1. The third-order valence-electron chi connectivity index (χ3n) is 6.04. The van der Waals surface area contributed by atoms with Gasteiger partial charge in [-0.1, -0.05) is 43.3 Å². The Morgan fingerprint density at radius 3 is 2.53 bits per heavy atom. The van der Waals surface area contributed by atoms with Crippen molar-refractivity contribution in [1.29, 1.82) is 0 Å². The molecule has 2 heterocycles. The summed E-state index contributed by atoms with van der Waals surface area (Å²) < 4.78 is 39.7. The Hall–Kier alpha value is -1.93. The van der Waals surface area contributed by atoms with Crippen molar-refractivity contribution < 1.29 is 17.9 Å². The van der Waals surface area contributed by atoms with Gasteiger partial charge in [-0.25, -0.2) is 8.42 Å². The van der Waals surface area contributed by atoms with E-state index < -0.39 is 15.6 Å². The molecule has 2 aromatic rings. The van der Waals surface area contributed by atoms with Crippen LogP contribution in [0.3, 0.4) is 0 Å². The zero-order valence-corrected chi connectivity index (χ0v) is 18.5. The fourth-order valence-electron chi connectivity index (χ4n) is 4.36. The molecule has 162 valence electrons. The van der Waals surface area contributed by atoms with Gasteiger partial charge in [0.05, 0.1) is 13.2 Å². The maximum Gasteiger partial charge on any atom is 0.246 e. The molecule has 7 heteroatoms. The number of ether oxygens (including phenoxy) is 2. The highest BCUT2D eigenvalue weighted by Crippen LogP contribution is 2.38. The number of aryl methyl sites for hydroxylation is 1. The molecule has 0 saturated carbocycles. The molecule has 6 nitrogen and oxygen atoms in total. The van der Waals surface area contributed by atoms with Gasteiger partial charge in [-0.05, 0) is 29.7 Å². The molecule has 2 aliphatic heterocycles. The molecular weight excluding hydrogens is 400 g/mol. The quantitative estimate of drug-likeness (QED) is 0.705. The highest BCUT2D eigenvalue weighted by molar-refractivity contribution is 7.89. The summed E-state index contributed by atoms with van der Waals surface area (Å²) in [4.78, 5) is 2.60. The van der Waals surface area contributed by atoms with Crippen LogP contribution in [0.15, 0.2) is 53.4 Å². The Balaban J connectivity index is 1.58. The summed E-state index contributed by atoms with van der Waals surface area (Å²) in [5.74, 6) is 0.451. The van der Waals surface area contributed by atoms with Crippen LogP contribution < -0.4 is 4.74 Å². The molecule has 4 rings (SSSR count). The first-order valence-corrected chi connectivity index (χ1v) is 12.0. The fourth-order valence-corrected chi connectivity index (χ4v) is 5.98. The predicted octanol–water partition coefficient (Wildman–Crippen LogP) is 2.92. The van der Waals surface area contributed by atoms with Gasteiger partial charge in [0, 0.05) is 39.7 Å². The van der Waals surface area contributed by atoms with Crippen LogP contribution in [0.2, 0.25) is 0 Å². The molecule has 0 bridgehead atoms. The first-order chi connectivity index (χ1) is 14.5. The number of methoxy groups -OCH3 is 1. The minimum Gasteiger partial charge on any atom is -0.483 e. The smallest absolute Gasteiger partial charge is 0.246 e. The molecule has 0 amide bonds. The summed E-state index contributed by atoms with van der Waals surface area (Å²) in [5, 5.41) is 0. The average Bonchev–Trinajstić information content (AvgIpc) is 3.10. The van der Waals surface area contributed by atoms with E-state index in [9.17, 15) is 8.42 Å². The molecule has 2 aliphatic rings. The molecule has 1 unspecified atom stereocenters. The van der Waals surface area contributed by atoms with Gasteiger partial charge in [0.1, 0.15) is 16.2 Å². The van der Waals surface area contributed by atoms with Crippen LogP contribution in [0.1, 0.15) is 24.5 Å². The van der Waals surface area contributed by atoms with E-state index in [1.807, 2.05) is 6.07 Å². The van der Waals surface area contributed by atoms with E-state index in [1.165, 1.54) is 15.4 Å². The molecule has 0 aromatic heterocycles. The van der Waals surface area contributed by atoms with E-state index in [1.54, 1.807) is 25.3 Å². The lowest BCUT2D eigenvalue weighted by Crippen LogP contribution is -2.49. The van der Waals surface area contributed by atoms with Crippen molar-refractivity contribution in [2.75, 3.05) is 39.9 Å². The SMILES string of the molecule is CCc1ccc(CN2CCC3(C2)CN(CCOC)S(=O)(=O)c2ccccc2O3)cc1. The first kappa shape index (κ1) is 21.3. The second-order valence-electron chi connectivity index (χ2n) is 8.19. The van der Waals surface area contributed by atoms with Crippen molar-refractivity contribution in [2.45, 2.75) is 36.8 Å². The second-order valence-corrected chi connectivity index (χ2v) is 10.1. The Bertz CT molecular complexity index is 977. The van der Waals surface area contributed by atoms with Crippen LogP contribution in [0.5, 0.6) is 5.75 Å². The van der Waals surface area contributed by atoms with Crippen LogP contribution in [0.25, 0.3) is 0 Å². The molecule has 0 radical (unpaired) electrons. The Morgan fingerprint density at radius 2 is 1.80 bits per heavy atom. The average molecular weight is 431 g/mol. The second kappa shape index (κ2) is 8.67. The maximum atomic E-state index is 13.3. The van der Waals surface area contributed by atoms with E-state index in [2.05, 4.69) is 36.1 Å². The Kier molecular flexibility index (Phi) is 6.16. The standard InChI is InChI=1S/C23H30N2O4S/c1-3-19-8-10-20(11-9-19)16-24-13-12-23(17-24)18-25(14-15-28-2)30(26,27)22-7-5-4-6-21(22)29-23/h4-11H,3,12-18H2,1-2H3. The topological polar surface area (TPSA) is 59.1 Å². The van der Waals surface area contributed by atoms with Crippen LogP contribution in [-0.4, -0.2) is 63.1 Å². The highest BCUT2D eigenvalue weighted by atomic mass is 32.2. The van der Waals surface area contributed by atoms with Crippen LogP contribution >= 0.6 is 0 Å². The summed E-state index contributed by atoms with van der Waals surface area (Å²) in [6, 6.07) is 15.7. The number of para-hydroxylation sites is 1. The number of hydrogen-bond acceptors (Lipinski definition) is 5. The van der Waals surface area contributed by atoms with Gasteiger partial charge in [0.15, 0.2) is 0 Å². The third-order valence-corrected chi connectivity index (χ3v) is 7.92. The summed E-state index contributed by atoms with van der Waals surface area (Å²) in [6.45, 7) is 5.55. The number of hydrogen-bond donors (Lipinski definition) is 0. The van der Waals surface area contributed by atoms with Gasteiger partial charge < -0.3 is 9.47 Å². The van der Waals surface area contributed by atoms with Crippen molar-refractivity contribution in [3.05, 3.63) is 59.7 Å². The maximum absolute atomic E-state index is 13.3. The molecule has 1 spiro atoms. The molecule has 0 N–H and O–H groups in total. The fraction of sp³-hybridized carbons (Fsp3) is 0.478. The molecule has 1 fully saturated rings. The lowest BCUT2D eigenvalue weighted by Gasteiger charge is -2.32. The molecule has 1 atom stereocenters. The Labute approximate surface area is 179 Å². The van der Waals surface area contributed by atoms with E-state index in [0.717, 1.165) is 25.9 Å². The molecule has 0 aliphatic carbocycles. The molecule has 30 heavy (non-hydrogen) atoms. The highest BCUT2D eigenvalue weighted by Gasteiger charge is 2.47. The monoisotopic (exact) mass is 430 g/mol. The van der Waals surface area contributed by atoms with E-state index in [0.29, 0.717) is 32.0 Å². The van der Waals surface area contributed by atoms with Crippen molar-refractivity contribution in [3.63, 3.8) is 0 Å². The van der Waals surface area contributed by atoms with Gasteiger partial charge in [-0.2, -0.15) is 4.31 Å². The van der Waals surface area contributed by atoms with Crippen LogP contribution in [0.4, 0.5) is 0 Å². The lowest BCUT2D eigenvalue weighted by atomic mass is 10.0. The third kappa shape index (κ3) is 4.25. The zero-order chi connectivity index (χ0) is 21.2. The number of sulfonamides is 1. The predicted molar refractivity (Wildman–Crippen MR) is 116 cm³/mol. The number of rotatable bonds is 6. The van der Waals surface area contributed by atoms with Crippen molar-refractivity contribution in [3.8, 4) is 5.75 Å². The minimum atomic E-state index is -3.63. The first-order valence-electron chi connectivity index (χ1n) is 10.5. The zero-order valence-electron chi connectivity index (χ0n) is 17.7. The normalized spacial score (nSPS) is 23.8. The van der Waals surface area contributed by atoms with E-state index in [4.69, 9.17) is 9.47 Å². The Morgan fingerprint density at radius 1 is 1.07 bits per heavy atom. The van der Waals surface area contributed by atoms with E-state index in [-0.39, 0.29) is 4.90 Å². The summed E-state index contributed by atoms with van der Waals surface area (Å²) in [5.41, 5.74) is 2.04. The number of benzene rings is 2. The summed E-state index contributed by atoms with van der Waals surface area (Å²) in [7, 11) is -2.04. The van der Waals surface area contributed by atoms with Gasteiger partial charge in [-0.15, -0.1) is 0 Å². The van der Waals surface area contributed by atoms with Gasteiger partial charge in [0.25, 0.3) is 0 Å². The number of nitrogens with zero attached hydrogens (tertiary/aromatic N) is 2. The summed E-state index contributed by atoms with van der Waals surface area (Å²) >= 11 is 0. The molecule has 1 saturated heterocycles. The largest absolute Gasteiger partial charge is 0.483 e. The van der Waals surface area contributed by atoms with Crippen LogP contribution in [0, 0.1) is 0 Å². The number of likely N-dealkylation sites (tertiary alicyclic amines) is 1. The van der Waals surface area contributed by atoms with Crippen molar-refractivity contribution in [1.82, 2.24) is 9.21 Å². The van der Waals surface area contributed by atoms with Gasteiger partial charge in [-0.3, -0.25) is 4.90 Å². The van der Waals surface area contributed by atoms with Gasteiger partial charge in [0.2, 0.25) is 10.0 Å². The summed E-state index contributed by atoms with van der Waals surface area (Å²) in [6.07, 6.45) is 1.82.